The Hall–Kier alpha value is -3.60. The van der Waals surface area contributed by atoms with Crippen molar-refractivity contribution in [2.24, 2.45) is 0 Å². The van der Waals surface area contributed by atoms with Gasteiger partial charge in [0.2, 0.25) is 10.0 Å². The van der Waals surface area contributed by atoms with Gasteiger partial charge in [-0.25, -0.2) is 8.42 Å². The highest BCUT2D eigenvalue weighted by atomic mass is 32.2. The fourth-order valence-corrected chi connectivity index (χ4v) is 5.54. The number of aliphatic hydroxyl groups excluding tert-OH is 1. The third-order valence-corrected chi connectivity index (χ3v) is 8.56. The van der Waals surface area contributed by atoms with Crippen molar-refractivity contribution < 1.29 is 27.8 Å². The van der Waals surface area contributed by atoms with Crippen molar-refractivity contribution in [1.29, 1.82) is 0 Å². The van der Waals surface area contributed by atoms with Crippen LogP contribution in [0, 0.1) is 0 Å². The number of rotatable bonds is 15. The lowest BCUT2D eigenvalue weighted by molar-refractivity contribution is 0.0830. The van der Waals surface area contributed by atoms with Crippen LogP contribution in [0.15, 0.2) is 72.8 Å². The van der Waals surface area contributed by atoms with Gasteiger partial charge in [-0.05, 0) is 54.8 Å². The Labute approximate surface area is 237 Å². The van der Waals surface area contributed by atoms with Crippen molar-refractivity contribution >= 4 is 21.6 Å². The minimum atomic E-state index is -3.49. The molecule has 1 amide bonds. The number of nitrogens with one attached hydrogen (secondary N) is 2. The third-order valence-electron chi connectivity index (χ3n) is 6.59. The summed E-state index contributed by atoms with van der Waals surface area (Å²) >= 11 is 0. The Balaban J connectivity index is 1.74. The highest BCUT2D eigenvalue weighted by molar-refractivity contribution is 7.92. The van der Waals surface area contributed by atoms with Crippen molar-refractivity contribution in [3.63, 3.8) is 0 Å². The number of methoxy groups -OCH3 is 2. The molecule has 0 bridgehead atoms. The van der Waals surface area contributed by atoms with Gasteiger partial charge < -0.3 is 25.2 Å². The summed E-state index contributed by atoms with van der Waals surface area (Å²) in [4.78, 5) is 13.3. The standard InChI is InChI=1S/C30H39N3O6S/c1-5-16-40(36,37)33(2)25-13-9-12-23(18-25)30(35)32-27(17-22-10-7-6-8-11-22)28(34)21-31-20-24-19-26(38-3)14-15-29(24)39-4/h6-15,18-19,27-28,31,34H,5,16-17,20-21H2,1-4H3,(H,32,35)/t27-,28+/m0/s1. The summed E-state index contributed by atoms with van der Waals surface area (Å²) in [6.45, 7) is 2.43. The van der Waals surface area contributed by atoms with E-state index in [1.807, 2.05) is 48.5 Å². The van der Waals surface area contributed by atoms with Crippen LogP contribution in [0.25, 0.3) is 0 Å². The zero-order chi connectivity index (χ0) is 29.1. The first-order valence-electron chi connectivity index (χ1n) is 13.2. The van der Waals surface area contributed by atoms with Crippen LogP contribution in [0.5, 0.6) is 11.5 Å². The minimum absolute atomic E-state index is 0.0138. The Morgan fingerprint density at radius 3 is 2.42 bits per heavy atom. The van der Waals surface area contributed by atoms with Gasteiger partial charge in [-0.2, -0.15) is 0 Å². The van der Waals surface area contributed by atoms with E-state index in [0.717, 1.165) is 11.1 Å². The quantitative estimate of drug-likeness (QED) is 0.257. The van der Waals surface area contributed by atoms with E-state index in [1.165, 1.54) is 11.4 Å². The number of benzene rings is 3. The molecule has 0 unspecified atom stereocenters. The summed E-state index contributed by atoms with van der Waals surface area (Å²) < 4.78 is 37.0. The van der Waals surface area contributed by atoms with Crippen LogP contribution >= 0.6 is 0 Å². The maximum atomic E-state index is 13.3. The molecule has 216 valence electrons. The van der Waals surface area contributed by atoms with Gasteiger partial charge in [0.15, 0.2) is 0 Å². The number of carbonyl (C=O) groups is 1. The molecule has 0 saturated heterocycles. The van der Waals surface area contributed by atoms with Gasteiger partial charge >= 0.3 is 0 Å². The second-order valence-electron chi connectivity index (χ2n) is 9.48. The van der Waals surface area contributed by atoms with Crippen LogP contribution in [-0.4, -0.2) is 65.1 Å². The fourth-order valence-electron chi connectivity index (χ4n) is 4.32. The van der Waals surface area contributed by atoms with Gasteiger partial charge in [0.25, 0.3) is 5.91 Å². The van der Waals surface area contributed by atoms with Crippen molar-refractivity contribution in [2.45, 2.75) is 38.5 Å². The number of anilines is 1. The molecule has 3 aromatic rings. The van der Waals surface area contributed by atoms with Crippen LogP contribution in [0.2, 0.25) is 0 Å². The summed E-state index contributed by atoms with van der Waals surface area (Å²) in [5.74, 6) is 1.00. The maximum absolute atomic E-state index is 13.3. The molecule has 0 radical (unpaired) electrons. The summed E-state index contributed by atoms with van der Waals surface area (Å²) in [6, 6.07) is 21.0. The van der Waals surface area contributed by atoms with E-state index in [1.54, 1.807) is 45.4 Å². The van der Waals surface area contributed by atoms with Crippen LogP contribution in [0.3, 0.4) is 0 Å². The lowest BCUT2D eigenvalue weighted by Crippen LogP contribution is -2.48. The zero-order valence-corrected chi connectivity index (χ0v) is 24.3. The molecule has 0 aromatic heterocycles. The van der Waals surface area contributed by atoms with Crippen LogP contribution < -0.4 is 24.4 Å². The van der Waals surface area contributed by atoms with Gasteiger partial charge in [-0.1, -0.05) is 43.3 Å². The topological polar surface area (TPSA) is 117 Å². The van der Waals surface area contributed by atoms with Crippen molar-refractivity contribution in [2.75, 3.05) is 37.9 Å². The van der Waals surface area contributed by atoms with E-state index in [2.05, 4.69) is 10.6 Å². The average Bonchev–Trinajstić information content (AvgIpc) is 2.96. The van der Waals surface area contributed by atoms with E-state index >= 15 is 0 Å². The molecule has 0 fully saturated rings. The molecule has 2 atom stereocenters. The molecule has 3 N–H and O–H groups in total. The number of nitrogens with zero attached hydrogens (tertiary/aromatic N) is 1. The largest absolute Gasteiger partial charge is 0.497 e. The molecule has 3 rings (SSSR count). The number of sulfonamides is 1. The van der Waals surface area contributed by atoms with E-state index in [-0.39, 0.29) is 12.3 Å². The van der Waals surface area contributed by atoms with Gasteiger partial charge in [0.1, 0.15) is 11.5 Å². The first kappa shape index (κ1) is 30.9. The maximum Gasteiger partial charge on any atom is 0.251 e. The normalized spacial score (nSPS) is 12.8. The Kier molecular flexibility index (Phi) is 11.4. The zero-order valence-electron chi connectivity index (χ0n) is 23.5. The molecule has 0 heterocycles. The predicted octanol–water partition coefficient (Wildman–Crippen LogP) is 3.37. The van der Waals surface area contributed by atoms with E-state index in [9.17, 15) is 18.3 Å². The Morgan fingerprint density at radius 1 is 1.00 bits per heavy atom. The number of ether oxygens (including phenoxy) is 2. The molecule has 9 nitrogen and oxygen atoms in total. The van der Waals surface area contributed by atoms with Crippen LogP contribution in [-0.2, 0) is 23.0 Å². The van der Waals surface area contributed by atoms with E-state index < -0.39 is 28.1 Å². The van der Waals surface area contributed by atoms with Gasteiger partial charge in [0.05, 0.1) is 37.8 Å². The van der Waals surface area contributed by atoms with Gasteiger partial charge in [0, 0.05) is 31.3 Å². The van der Waals surface area contributed by atoms with Gasteiger partial charge in [-0.3, -0.25) is 9.10 Å². The highest BCUT2D eigenvalue weighted by Crippen LogP contribution is 2.24. The first-order chi connectivity index (χ1) is 19.2. The third kappa shape index (κ3) is 8.45. The Bertz CT molecular complexity index is 1350. The predicted molar refractivity (Wildman–Crippen MR) is 158 cm³/mol. The summed E-state index contributed by atoms with van der Waals surface area (Å²) in [5.41, 5.74) is 2.53. The molecule has 0 saturated carbocycles. The monoisotopic (exact) mass is 569 g/mol. The first-order valence-corrected chi connectivity index (χ1v) is 14.8. The van der Waals surface area contributed by atoms with Crippen LogP contribution in [0.1, 0.15) is 34.8 Å². The van der Waals surface area contributed by atoms with Crippen molar-refractivity contribution in [3.8, 4) is 11.5 Å². The molecule has 10 heteroatoms. The Morgan fingerprint density at radius 2 is 1.75 bits per heavy atom. The lowest BCUT2D eigenvalue weighted by Gasteiger charge is -2.25. The second kappa shape index (κ2) is 14.7. The minimum Gasteiger partial charge on any atom is -0.497 e. The molecule has 0 aliphatic rings. The highest BCUT2D eigenvalue weighted by Gasteiger charge is 2.24. The summed E-state index contributed by atoms with van der Waals surface area (Å²) in [7, 11) is 1.18. The van der Waals surface area contributed by atoms with Gasteiger partial charge in [-0.15, -0.1) is 0 Å². The van der Waals surface area contributed by atoms with E-state index in [4.69, 9.17) is 9.47 Å². The fraction of sp³-hybridized carbons (Fsp3) is 0.367. The number of hydrogen-bond acceptors (Lipinski definition) is 7. The summed E-state index contributed by atoms with van der Waals surface area (Å²) in [5, 5.41) is 17.4. The lowest BCUT2D eigenvalue weighted by atomic mass is 10.00. The summed E-state index contributed by atoms with van der Waals surface area (Å²) in [6.07, 6.45) is -0.0241. The molecule has 0 aliphatic carbocycles. The van der Waals surface area contributed by atoms with E-state index in [0.29, 0.717) is 42.1 Å². The molecule has 40 heavy (non-hydrogen) atoms. The smallest absolute Gasteiger partial charge is 0.251 e. The number of amides is 1. The molecule has 3 aromatic carbocycles. The number of aliphatic hydroxyl groups is 1. The second-order valence-corrected chi connectivity index (χ2v) is 11.6. The molecular formula is C30H39N3O6S. The molecule has 0 aliphatic heterocycles. The van der Waals surface area contributed by atoms with Crippen molar-refractivity contribution in [1.82, 2.24) is 10.6 Å². The number of carbonyl (C=O) groups excluding carboxylic acids is 1. The average molecular weight is 570 g/mol. The SMILES string of the molecule is CCCS(=O)(=O)N(C)c1cccc(C(=O)N[C@@H](Cc2ccccc2)[C@H](O)CNCc2cc(OC)ccc2OC)c1. The van der Waals surface area contributed by atoms with Crippen molar-refractivity contribution in [3.05, 3.63) is 89.5 Å². The van der Waals surface area contributed by atoms with Crippen LogP contribution in [0.4, 0.5) is 5.69 Å². The molecule has 0 spiro atoms. The molecular weight excluding hydrogens is 530 g/mol. The number of hydrogen-bond donors (Lipinski definition) is 3.